The SMILES string of the molecule is O=C(NN(C1CC2CCC1C2)C1CC2CCC1C2)c1cc(C(F)(F)F)cc(C(F)(F)F)c1. The first-order valence-electron chi connectivity index (χ1n) is 11.4. The van der Waals surface area contributed by atoms with Crippen molar-refractivity contribution in [2.24, 2.45) is 23.7 Å². The fourth-order valence-corrected chi connectivity index (χ4v) is 6.78. The summed E-state index contributed by atoms with van der Waals surface area (Å²) in [4.78, 5) is 13.1. The monoisotopic (exact) mass is 460 g/mol. The highest BCUT2D eigenvalue weighted by Crippen LogP contribution is 2.51. The van der Waals surface area contributed by atoms with E-state index in [2.05, 4.69) is 5.43 Å². The van der Waals surface area contributed by atoms with Gasteiger partial charge >= 0.3 is 12.4 Å². The molecule has 3 nitrogen and oxygen atoms in total. The Bertz CT molecular complexity index is 837. The zero-order chi connectivity index (χ0) is 22.8. The molecule has 0 radical (unpaired) electrons. The van der Waals surface area contributed by atoms with E-state index in [1.54, 1.807) is 0 Å². The van der Waals surface area contributed by atoms with Crippen molar-refractivity contribution in [1.29, 1.82) is 0 Å². The standard InChI is InChI=1S/C23H26F6N2O/c24-22(25,26)17-9-16(10-18(11-17)23(27,28)29)21(32)30-31(19-7-12-1-3-14(19)5-12)20-8-13-2-4-15(20)6-13/h9-15,19-20H,1-8H2,(H,30,32). The van der Waals surface area contributed by atoms with Crippen LogP contribution in [0.1, 0.15) is 72.9 Å². The topological polar surface area (TPSA) is 32.3 Å². The van der Waals surface area contributed by atoms with Gasteiger partial charge in [-0.05, 0) is 80.4 Å². The number of nitrogens with one attached hydrogen (secondary N) is 1. The third-order valence-corrected chi connectivity index (χ3v) is 8.20. The Labute approximate surface area is 182 Å². The summed E-state index contributed by atoms with van der Waals surface area (Å²) in [7, 11) is 0. The summed E-state index contributed by atoms with van der Waals surface area (Å²) < 4.78 is 79.5. The van der Waals surface area contributed by atoms with Crippen LogP contribution in [-0.4, -0.2) is 23.0 Å². The number of halogens is 6. The van der Waals surface area contributed by atoms with E-state index in [4.69, 9.17) is 0 Å². The van der Waals surface area contributed by atoms with E-state index in [-0.39, 0.29) is 18.2 Å². The molecule has 32 heavy (non-hydrogen) atoms. The van der Waals surface area contributed by atoms with Crippen LogP contribution in [0.25, 0.3) is 0 Å². The fraction of sp³-hybridized carbons (Fsp3) is 0.696. The largest absolute Gasteiger partial charge is 0.416 e. The van der Waals surface area contributed by atoms with Crippen LogP contribution in [0, 0.1) is 23.7 Å². The van der Waals surface area contributed by atoms with Gasteiger partial charge in [-0.25, -0.2) is 5.01 Å². The summed E-state index contributed by atoms with van der Waals surface area (Å²) in [6.45, 7) is 0. The van der Waals surface area contributed by atoms with Crippen molar-refractivity contribution < 1.29 is 31.1 Å². The van der Waals surface area contributed by atoms with Crippen LogP contribution in [0.4, 0.5) is 26.3 Å². The van der Waals surface area contributed by atoms with E-state index < -0.39 is 35.0 Å². The number of carbonyl (C=O) groups excluding carboxylic acids is 1. The van der Waals surface area contributed by atoms with Crippen LogP contribution in [0.3, 0.4) is 0 Å². The second kappa shape index (κ2) is 7.64. The van der Waals surface area contributed by atoms with Crippen LogP contribution in [0.5, 0.6) is 0 Å². The van der Waals surface area contributed by atoms with Gasteiger partial charge in [-0.15, -0.1) is 0 Å². The fourth-order valence-electron chi connectivity index (χ4n) is 6.78. The van der Waals surface area contributed by atoms with E-state index in [0.717, 1.165) is 51.4 Å². The van der Waals surface area contributed by atoms with Crippen LogP contribution in [-0.2, 0) is 12.4 Å². The van der Waals surface area contributed by atoms with Crippen molar-refractivity contribution in [2.75, 3.05) is 0 Å². The van der Waals surface area contributed by atoms with E-state index >= 15 is 0 Å². The average Bonchev–Trinajstić information content (AvgIpc) is 3.51. The van der Waals surface area contributed by atoms with Gasteiger partial charge in [0.2, 0.25) is 0 Å². The summed E-state index contributed by atoms with van der Waals surface area (Å²) >= 11 is 0. The van der Waals surface area contributed by atoms with E-state index in [9.17, 15) is 31.1 Å². The summed E-state index contributed by atoms with van der Waals surface area (Å²) in [5.74, 6) is 1.13. The van der Waals surface area contributed by atoms with Crippen molar-refractivity contribution in [3.8, 4) is 0 Å². The highest BCUT2D eigenvalue weighted by Gasteiger charge is 2.50. The van der Waals surface area contributed by atoms with Crippen molar-refractivity contribution >= 4 is 5.91 Å². The first kappa shape index (κ1) is 22.0. The molecule has 9 heteroatoms. The maximum Gasteiger partial charge on any atom is 0.416 e. The Balaban J connectivity index is 1.44. The molecule has 1 amide bonds. The van der Waals surface area contributed by atoms with Gasteiger partial charge in [-0.2, -0.15) is 26.3 Å². The summed E-state index contributed by atoms with van der Waals surface area (Å²) in [6, 6.07) is 1.31. The van der Waals surface area contributed by atoms with Crippen LogP contribution >= 0.6 is 0 Å². The lowest BCUT2D eigenvalue weighted by molar-refractivity contribution is -0.143. The van der Waals surface area contributed by atoms with Gasteiger partial charge in [0.1, 0.15) is 0 Å². The number of amides is 1. The van der Waals surface area contributed by atoms with Gasteiger partial charge in [0, 0.05) is 17.6 Å². The lowest BCUT2D eigenvalue weighted by Gasteiger charge is -2.42. The van der Waals surface area contributed by atoms with Crippen molar-refractivity contribution in [1.82, 2.24) is 10.4 Å². The molecular formula is C23H26F6N2O. The molecular weight excluding hydrogens is 434 g/mol. The van der Waals surface area contributed by atoms with Crippen LogP contribution < -0.4 is 5.43 Å². The van der Waals surface area contributed by atoms with Gasteiger partial charge < -0.3 is 0 Å². The van der Waals surface area contributed by atoms with Gasteiger partial charge in [-0.1, -0.05) is 12.8 Å². The molecule has 5 rings (SSSR count). The molecule has 4 aliphatic carbocycles. The maximum atomic E-state index is 13.2. The molecule has 1 aromatic rings. The van der Waals surface area contributed by atoms with E-state index in [0.29, 0.717) is 35.8 Å². The Morgan fingerprint density at radius 2 is 1.22 bits per heavy atom. The molecule has 6 atom stereocenters. The number of fused-ring (bicyclic) bond motifs is 4. The number of hydrazine groups is 1. The van der Waals surface area contributed by atoms with Gasteiger partial charge in [0.15, 0.2) is 0 Å². The number of nitrogens with zero attached hydrogens (tertiary/aromatic N) is 1. The second-order valence-corrected chi connectivity index (χ2v) is 10.1. The molecule has 0 saturated heterocycles. The smallest absolute Gasteiger partial charge is 0.284 e. The molecule has 4 fully saturated rings. The molecule has 6 unspecified atom stereocenters. The number of hydrogen-bond donors (Lipinski definition) is 1. The van der Waals surface area contributed by atoms with Crippen molar-refractivity contribution in [3.63, 3.8) is 0 Å². The zero-order valence-electron chi connectivity index (χ0n) is 17.5. The highest BCUT2D eigenvalue weighted by molar-refractivity contribution is 5.94. The van der Waals surface area contributed by atoms with Crippen LogP contribution in [0.2, 0.25) is 0 Å². The molecule has 0 aliphatic heterocycles. The first-order valence-corrected chi connectivity index (χ1v) is 11.4. The third-order valence-electron chi connectivity index (χ3n) is 8.20. The van der Waals surface area contributed by atoms with Gasteiger partial charge in [0.05, 0.1) is 11.1 Å². The molecule has 176 valence electrons. The lowest BCUT2D eigenvalue weighted by atomic mass is 9.89. The van der Waals surface area contributed by atoms with Gasteiger partial charge in [0.25, 0.3) is 5.91 Å². The number of benzene rings is 1. The molecule has 0 heterocycles. The number of rotatable bonds is 4. The molecule has 1 N–H and O–H groups in total. The lowest BCUT2D eigenvalue weighted by Crippen LogP contribution is -2.57. The summed E-state index contributed by atoms with van der Waals surface area (Å²) in [5, 5.41) is 1.95. The molecule has 4 aliphatic rings. The Morgan fingerprint density at radius 1 is 0.750 bits per heavy atom. The predicted molar refractivity (Wildman–Crippen MR) is 104 cm³/mol. The Morgan fingerprint density at radius 3 is 1.56 bits per heavy atom. The molecule has 0 aromatic heterocycles. The normalized spacial score (nSPS) is 34.0. The average molecular weight is 460 g/mol. The number of hydrogen-bond acceptors (Lipinski definition) is 2. The minimum absolute atomic E-state index is 0.0560. The van der Waals surface area contributed by atoms with Crippen LogP contribution in [0.15, 0.2) is 18.2 Å². The number of carbonyl (C=O) groups is 1. The van der Waals surface area contributed by atoms with Gasteiger partial charge in [-0.3, -0.25) is 10.2 Å². The maximum absolute atomic E-state index is 13.2. The molecule has 0 spiro atoms. The summed E-state index contributed by atoms with van der Waals surface area (Å²) in [6.07, 6.45) is -1.51. The quantitative estimate of drug-likeness (QED) is 0.438. The third kappa shape index (κ3) is 4.01. The Hall–Kier alpha value is -1.77. The molecule has 4 saturated carbocycles. The van der Waals surface area contributed by atoms with E-state index in [1.807, 2.05) is 5.01 Å². The second-order valence-electron chi connectivity index (χ2n) is 10.1. The van der Waals surface area contributed by atoms with Crippen molar-refractivity contribution in [2.45, 2.75) is 75.8 Å². The minimum Gasteiger partial charge on any atom is -0.284 e. The van der Waals surface area contributed by atoms with E-state index in [1.165, 1.54) is 0 Å². The molecule has 4 bridgehead atoms. The predicted octanol–water partition coefficient (Wildman–Crippen LogP) is 6.05. The Kier molecular flexibility index (Phi) is 5.26. The highest BCUT2D eigenvalue weighted by atomic mass is 19.4. The molecule has 1 aromatic carbocycles. The van der Waals surface area contributed by atoms with Crippen molar-refractivity contribution in [3.05, 3.63) is 34.9 Å². The first-order chi connectivity index (χ1) is 15.0. The minimum atomic E-state index is -4.98. The summed E-state index contributed by atoms with van der Waals surface area (Å²) in [5.41, 5.74) is -0.741. The zero-order valence-corrected chi connectivity index (χ0v) is 17.5. The number of alkyl halides is 6.